The Morgan fingerprint density at radius 1 is 1.15 bits per heavy atom. The highest BCUT2D eigenvalue weighted by molar-refractivity contribution is 5.45. The fourth-order valence-corrected chi connectivity index (χ4v) is 2.18. The molecule has 0 saturated carbocycles. The van der Waals surface area contributed by atoms with Gasteiger partial charge in [0.25, 0.3) is 0 Å². The molecular formula is C17H23N3. The third-order valence-electron chi connectivity index (χ3n) is 3.15. The lowest BCUT2D eigenvalue weighted by Crippen LogP contribution is -2.27. The Hall–Kier alpha value is -1.87. The van der Waals surface area contributed by atoms with Gasteiger partial charge >= 0.3 is 0 Å². The Bertz CT molecular complexity index is 571. The lowest BCUT2D eigenvalue weighted by atomic mass is 9.97. The zero-order valence-corrected chi connectivity index (χ0v) is 12.6. The first kappa shape index (κ1) is 14.5. The molecule has 0 radical (unpaired) electrons. The zero-order valence-electron chi connectivity index (χ0n) is 12.6. The van der Waals surface area contributed by atoms with Gasteiger partial charge in [0, 0.05) is 11.7 Å². The third-order valence-corrected chi connectivity index (χ3v) is 3.15. The summed E-state index contributed by atoms with van der Waals surface area (Å²) in [5, 5.41) is 3.38. The molecule has 3 N–H and O–H groups in total. The van der Waals surface area contributed by atoms with Crippen LogP contribution in [-0.4, -0.2) is 10.5 Å². The number of pyridine rings is 1. The second-order valence-corrected chi connectivity index (χ2v) is 6.19. The summed E-state index contributed by atoms with van der Waals surface area (Å²) in [7, 11) is 0. The molecule has 0 spiro atoms. The van der Waals surface area contributed by atoms with Crippen molar-refractivity contribution >= 4 is 5.82 Å². The number of aromatic nitrogens is 1. The lowest BCUT2D eigenvalue weighted by molar-refractivity contribution is 0.630. The Morgan fingerprint density at radius 3 is 2.35 bits per heavy atom. The highest BCUT2D eigenvalue weighted by Gasteiger charge is 2.14. The van der Waals surface area contributed by atoms with Crippen LogP contribution in [0.25, 0.3) is 0 Å². The molecule has 0 saturated heterocycles. The minimum Gasteiger partial charge on any atom is -0.365 e. The minimum atomic E-state index is -0.132. The van der Waals surface area contributed by atoms with E-state index in [9.17, 15) is 0 Å². The molecule has 20 heavy (non-hydrogen) atoms. The smallest absolute Gasteiger partial charge is 0.126 e. The van der Waals surface area contributed by atoms with Gasteiger partial charge in [0.15, 0.2) is 0 Å². The molecule has 1 heterocycles. The standard InChI is InChI=1S/C17H23N3/c1-12-10-15(20-17(2,3)4)19-11-14(12)16(18)13-8-6-5-7-9-13/h5-11,16H,18H2,1-4H3,(H,19,20)/t16-/m1/s1. The van der Waals surface area contributed by atoms with E-state index in [4.69, 9.17) is 5.73 Å². The molecule has 0 unspecified atom stereocenters. The number of rotatable bonds is 3. The number of nitrogens with zero attached hydrogens (tertiary/aromatic N) is 1. The number of nitrogens with two attached hydrogens (primary N) is 1. The van der Waals surface area contributed by atoms with Gasteiger partial charge in [0.2, 0.25) is 0 Å². The molecule has 0 fully saturated rings. The largest absolute Gasteiger partial charge is 0.365 e. The van der Waals surface area contributed by atoms with Gasteiger partial charge in [-0.05, 0) is 50.5 Å². The van der Waals surface area contributed by atoms with Crippen LogP contribution in [0.1, 0.15) is 43.5 Å². The van der Waals surface area contributed by atoms with Crippen molar-refractivity contribution in [3.63, 3.8) is 0 Å². The zero-order chi connectivity index (χ0) is 14.8. The van der Waals surface area contributed by atoms with Gasteiger partial charge in [0.1, 0.15) is 5.82 Å². The summed E-state index contributed by atoms with van der Waals surface area (Å²) in [4.78, 5) is 4.48. The van der Waals surface area contributed by atoms with Crippen LogP contribution in [0.15, 0.2) is 42.6 Å². The topological polar surface area (TPSA) is 50.9 Å². The van der Waals surface area contributed by atoms with Gasteiger partial charge in [0.05, 0.1) is 6.04 Å². The highest BCUT2D eigenvalue weighted by atomic mass is 15.0. The van der Waals surface area contributed by atoms with Gasteiger partial charge in [-0.3, -0.25) is 0 Å². The first-order chi connectivity index (χ1) is 9.37. The minimum absolute atomic E-state index is 0.00248. The molecule has 0 aliphatic carbocycles. The van der Waals surface area contributed by atoms with Crippen molar-refractivity contribution in [3.05, 3.63) is 59.3 Å². The van der Waals surface area contributed by atoms with Crippen LogP contribution in [0.3, 0.4) is 0 Å². The number of aryl methyl sites for hydroxylation is 1. The first-order valence-electron chi connectivity index (χ1n) is 6.92. The number of anilines is 1. The fourth-order valence-electron chi connectivity index (χ4n) is 2.18. The molecule has 0 amide bonds. The molecule has 3 heteroatoms. The van der Waals surface area contributed by atoms with E-state index in [2.05, 4.69) is 44.1 Å². The summed E-state index contributed by atoms with van der Waals surface area (Å²) < 4.78 is 0. The molecule has 0 bridgehead atoms. The Labute approximate surface area is 121 Å². The number of benzene rings is 1. The normalized spacial score (nSPS) is 13.1. The molecule has 1 aromatic carbocycles. The average Bonchev–Trinajstić information content (AvgIpc) is 2.37. The third kappa shape index (κ3) is 3.58. The predicted octanol–water partition coefficient (Wildman–Crippen LogP) is 3.65. The van der Waals surface area contributed by atoms with Crippen molar-refractivity contribution in [1.82, 2.24) is 4.98 Å². The van der Waals surface area contributed by atoms with E-state index in [1.54, 1.807) is 0 Å². The van der Waals surface area contributed by atoms with Crippen LogP contribution < -0.4 is 11.1 Å². The number of hydrogen-bond acceptors (Lipinski definition) is 3. The van der Waals surface area contributed by atoms with Crippen molar-refractivity contribution in [2.45, 2.75) is 39.3 Å². The van der Waals surface area contributed by atoms with Gasteiger partial charge in [-0.15, -0.1) is 0 Å². The summed E-state index contributed by atoms with van der Waals surface area (Å²) in [6, 6.07) is 12.0. The lowest BCUT2D eigenvalue weighted by Gasteiger charge is -2.22. The van der Waals surface area contributed by atoms with Crippen LogP contribution in [0.2, 0.25) is 0 Å². The second-order valence-electron chi connectivity index (χ2n) is 6.19. The summed E-state index contributed by atoms with van der Waals surface area (Å²) >= 11 is 0. The van der Waals surface area contributed by atoms with Crippen LogP contribution in [0.5, 0.6) is 0 Å². The quantitative estimate of drug-likeness (QED) is 0.894. The van der Waals surface area contributed by atoms with Crippen molar-refractivity contribution in [3.8, 4) is 0 Å². The predicted molar refractivity (Wildman–Crippen MR) is 84.8 cm³/mol. The van der Waals surface area contributed by atoms with E-state index in [0.717, 1.165) is 22.5 Å². The van der Waals surface area contributed by atoms with Crippen molar-refractivity contribution in [2.24, 2.45) is 5.73 Å². The van der Waals surface area contributed by atoms with E-state index < -0.39 is 0 Å². The van der Waals surface area contributed by atoms with Gasteiger partial charge in [-0.1, -0.05) is 30.3 Å². The molecule has 3 nitrogen and oxygen atoms in total. The van der Waals surface area contributed by atoms with E-state index in [0.29, 0.717) is 0 Å². The number of nitrogens with one attached hydrogen (secondary N) is 1. The molecule has 1 aromatic heterocycles. The van der Waals surface area contributed by atoms with Crippen molar-refractivity contribution < 1.29 is 0 Å². The fraction of sp³-hybridized carbons (Fsp3) is 0.353. The van der Waals surface area contributed by atoms with E-state index in [-0.39, 0.29) is 11.6 Å². The maximum atomic E-state index is 6.33. The average molecular weight is 269 g/mol. The van der Waals surface area contributed by atoms with Crippen LogP contribution in [-0.2, 0) is 0 Å². The van der Waals surface area contributed by atoms with Crippen molar-refractivity contribution in [1.29, 1.82) is 0 Å². The summed E-state index contributed by atoms with van der Waals surface area (Å²) in [5.74, 6) is 0.888. The highest BCUT2D eigenvalue weighted by Crippen LogP contribution is 2.24. The second kappa shape index (κ2) is 5.63. The monoisotopic (exact) mass is 269 g/mol. The molecule has 2 aromatic rings. The Balaban J connectivity index is 2.26. The van der Waals surface area contributed by atoms with Gasteiger partial charge < -0.3 is 11.1 Å². The molecule has 106 valence electrons. The molecule has 2 rings (SSSR count). The van der Waals surface area contributed by atoms with E-state index in [1.807, 2.05) is 36.5 Å². The Morgan fingerprint density at radius 2 is 1.80 bits per heavy atom. The molecule has 1 atom stereocenters. The summed E-state index contributed by atoms with van der Waals surface area (Å²) in [6.07, 6.45) is 1.88. The molecule has 0 aliphatic heterocycles. The van der Waals surface area contributed by atoms with E-state index in [1.165, 1.54) is 0 Å². The molecule has 0 aliphatic rings. The van der Waals surface area contributed by atoms with E-state index >= 15 is 0 Å². The summed E-state index contributed by atoms with van der Waals surface area (Å²) in [5.41, 5.74) is 9.66. The summed E-state index contributed by atoms with van der Waals surface area (Å²) in [6.45, 7) is 8.43. The van der Waals surface area contributed by atoms with Gasteiger partial charge in [-0.25, -0.2) is 4.98 Å². The van der Waals surface area contributed by atoms with Crippen LogP contribution in [0, 0.1) is 6.92 Å². The van der Waals surface area contributed by atoms with Crippen LogP contribution in [0.4, 0.5) is 5.82 Å². The van der Waals surface area contributed by atoms with Gasteiger partial charge in [-0.2, -0.15) is 0 Å². The SMILES string of the molecule is Cc1cc(NC(C)(C)C)ncc1[C@H](N)c1ccccc1. The van der Waals surface area contributed by atoms with Crippen LogP contribution >= 0.6 is 0 Å². The number of hydrogen-bond donors (Lipinski definition) is 2. The Kier molecular flexibility index (Phi) is 4.09. The maximum absolute atomic E-state index is 6.33. The maximum Gasteiger partial charge on any atom is 0.126 e. The molecular weight excluding hydrogens is 246 g/mol. The van der Waals surface area contributed by atoms with Crippen molar-refractivity contribution in [2.75, 3.05) is 5.32 Å². The first-order valence-corrected chi connectivity index (χ1v) is 6.92.